The van der Waals surface area contributed by atoms with E-state index in [4.69, 9.17) is 0 Å². The molecule has 4 rings (SSSR count). The third-order valence-corrected chi connectivity index (χ3v) is 5.22. The number of unbranched alkanes of at least 4 members (excludes halogenated alkanes) is 1. The Morgan fingerprint density at radius 2 is 1.79 bits per heavy atom. The Bertz CT molecular complexity index is 928. The van der Waals surface area contributed by atoms with Crippen LogP contribution in [0.2, 0.25) is 0 Å². The first-order valence-corrected chi connectivity index (χ1v) is 9.08. The highest BCUT2D eigenvalue weighted by atomic mass is 14.2. The molecule has 1 aliphatic rings. The van der Waals surface area contributed by atoms with Gasteiger partial charge in [-0.15, -0.1) is 0 Å². The van der Waals surface area contributed by atoms with Crippen LogP contribution in [-0.2, 0) is 6.42 Å². The quantitative estimate of drug-likeness (QED) is 0.489. The second-order valence-electron chi connectivity index (χ2n) is 6.94. The lowest BCUT2D eigenvalue weighted by Gasteiger charge is -2.14. The second-order valence-corrected chi connectivity index (χ2v) is 6.94. The van der Waals surface area contributed by atoms with E-state index in [1.807, 2.05) is 0 Å². The third-order valence-electron chi connectivity index (χ3n) is 5.22. The molecule has 0 radical (unpaired) electrons. The minimum Gasteiger partial charge on any atom is -0.0654 e. The maximum absolute atomic E-state index is 2.46. The first kappa shape index (κ1) is 15.2. The molecule has 3 aromatic rings. The van der Waals surface area contributed by atoms with Crippen molar-refractivity contribution in [2.45, 2.75) is 39.5 Å². The van der Waals surface area contributed by atoms with Crippen LogP contribution in [0.4, 0.5) is 0 Å². The number of fused-ring (bicyclic) bond motifs is 2. The third kappa shape index (κ3) is 2.57. The lowest BCUT2D eigenvalue weighted by molar-refractivity contribution is 0.779. The highest BCUT2D eigenvalue weighted by molar-refractivity contribution is 6.00. The molecule has 0 saturated carbocycles. The van der Waals surface area contributed by atoms with Gasteiger partial charge in [-0.3, -0.25) is 0 Å². The van der Waals surface area contributed by atoms with E-state index in [-0.39, 0.29) is 0 Å². The molecule has 0 bridgehead atoms. The molecule has 0 fully saturated rings. The van der Waals surface area contributed by atoms with Crippen LogP contribution in [0.25, 0.3) is 28.0 Å². The van der Waals surface area contributed by atoms with Gasteiger partial charge in [-0.1, -0.05) is 79.6 Å². The maximum Gasteiger partial charge on any atom is -0.00576 e. The van der Waals surface area contributed by atoms with Crippen molar-refractivity contribution in [3.8, 4) is 11.1 Å². The predicted molar refractivity (Wildman–Crippen MR) is 105 cm³/mol. The minimum absolute atomic E-state index is 1.13. The Balaban J connectivity index is 1.90. The summed E-state index contributed by atoms with van der Waals surface area (Å²) < 4.78 is 0. The van der Waals surface area contributed by atoms with E-state index in [0.717, 1.165) is 6.42 Å². The number of aryl methyl sites for hydroxylation is 1. The van der Waals surface area contributed by atoms with Gasteiger partial charge in [0.1, 0.15) is 0 Å². The normalized spacial score (nSPS) is 13.2. The van der Waals surface area contributed by atoms with E-state index in [1.54, 1.807) is 5.57 Å². The molecule has 0 unspecified atom stereocenters. The van der Waals surface area contributed by atoms with E-state index in [0.29, 0.717) is 0 Å². The van der Waals surface area contributed by atoms with Crippen molar-refractivity contribution >= 4 is 16.8 Å². The minimum atomic E-state index is 1.13. The molecule has 0 spiro atoms. The summed E-state index contributed by atoms with van der Waals surface area (Å²) in [5.74, 6) is 0. The van der Waals surface area contributed by atoms with Crippen LogP contribution in [0.15, 0.2) is 60.2 Å². The Kier molecular flexibility index (Phi) is 3.98. The molecule has 0 aromatic heterocycles. The molecule has 24 heavy (non-hydrogen) atoms. The fraction of sp³-hybridized carbons (Fsp3) is 0.250. The molecule has 3 aromatic carbocycles. The molecule has 1 aliphatic carbocycles. The van der Waals surface area contributed by atoms with Gasteiger partial charge >= 0.3 is 0 Å². The average molecular weight is 312 g/mol. The molecule has 0 heterocycles. The smallest absolute Gasteiger partial charge is 0.00576 e. The van der Waals surface area contributed by atoms with Crippen LogP contribution in [-0.4, -0.2) is 0 Å². The highest BCUT2D eigenvalue weighted by Gasteiger charge is 2.18. The van der Waals surface area contributed by atoms with Crippen LogP contribution < -0.4 is 0 Å². The van der Waals surface area contributed by atoms with Crippen LogP contribution in [0.1, 0.15) is 42.9 Å². The topological polar surface area (TPSA) is 0 Å². The summed E-state index contributed by atoms with van der Waals surface area (Å²) in [6.07, 6.45) is 7.39. The molecule has 0 atom stereocenters. The zero-order valence-corrected chi connectivity index (χ0v) is 14.6. The second kappa shape index (κ2) is 6.28. The Morgan fingerprint density at radius 1 is 0.917 bits per heavy atom. The summed E-state index contributed by atoms with van der Waals surface area (Å²) in [7, 11) is 0. The van der Waals surface area contributed by atoms with Gasteiger partial charge in [0.15, 0.2) is 0 Å². The molecule has 0 aliphatic heterocycles. The van der Waals surface area contributed by atoms with Crippen molar-refractivity contribution < 1.29 is 0 Å². The summed E-state index contributed by atoms with van der Waals surface area (Å²) in [6, 6.07) is 20.1. The van der Waals surface area contributed by atoms with Crippen molar-refractivity contribution in [2.75, 3.05) is 0 Å². The highest BCUT2D eigenvalue weighted by Crippen LogP contribution is 2.39. The number of hydrogen-bond acceptors (Lipinski definition) is 0. The molecular formula is C24H24. The van der Waals surface area contributed by atoms with E-state index >= 15 is 0 Å². The lowest BCUT2D eigenvalue weighted by Crippen LogP contribution is -1.91. The van der Waals surface area contributed by atoms with Crippen molar-refractivity contribution in [2.24, 2.45) is 0 Å². The van der Waals surface area contributed by atoms with E-state index in [9.17, 15) is 0 Å². The fourth-order valence-electron chi connectivity index (χ4n) is 3.96. The number of allylic oxidation sites excluding steroid dienone is 1. The number of benzene rings is 3. The van der Waals surface area contributed by atoms with Gasteiger partial charge in [-0.2, -0.15) is 0 Å². The van der Waals surface area contributed by atoms with Gasteiger partial charge in [-0.25, -0.2) is 0 Å². The zero-order chi connectivity index (χ0) is 16.5. The first-order valence-electron chi connectivity index (χ1n) is 9.08. The molecule has 0 amide bonds. The van der Waals surface area contributed by atoms with Crippen molar-refractivity contribution in [3.63, 3.8) is 0 Å². The van der Waals surface area contributed by atoms with E-state index in [1.165, 1.54) is 57.9 Å². The summed E-state index contributed by atoms with van der Waals surface area (Å²) in [4.78, 5) is 0. The predicted octanol–water partition coefficient (Wildman–Crippen LogP) is 6.94. The van der Waals surface area contributed by atoms with Crippen molar-refractivity contribution in [3.05, 3.63) is 76.9 Å². The number of hydrogen-bond donors (Lipinski definition) is 0. The average Bonchev–Trinajstić information content (AvgIpc) is 3.03. The Morgan fingerprint density at radius 3 is 2.67 bits per heavy atom. The SMILES string of the molecule is CCCCC1=Cc2c(cccc2-c2c(C)ccc3ccccc23)C1. The van der Waals surface area contributed by atoms with Crippen molar-refractivity contribution in [1.29, 1.82) is 0 Å². The monoisotopic (exact) mass is 312 g/mol. The summed E-state index contributed by atoms with van der Waals surface area (Å²) >= 11 is 0. The van der Waals surface area contributed by atoms with Gasteiger partial charge in [0.25, 0.3) is 0 Å². The maximum atomic E-state index is 2.46. The molecular weight excluding hydrogens is 288 g/mol. The van der Waals surface area contributed by atoms with Gasteiger partial charge in [-0.05, 0) is 64.8 Å². The van der Waals surface area contributed by atoms with Crippen molar-refractivity contribution in [1.82, 2.24) is 0 Å². The molecule has 0 saturated heterocycles. The first-order chi connectivity index (χ1) is 11.8. The standard InChI is InChI=1S/C24H24/c1-3-4-8-18-15-20-10-7-12-22(23(20)16-18)24-17(2)13-14-19-9-5-6-11-21(19)24/h5-7,9-14,16H,3-4,8,15H2,1-2H3. The van der Waals surface area contributed by atoms with Crippen LogP contribution in [0, 0.1) is 6.92 Å². The summed E-state index contributed by atoms with van der Waals surface area (Å²) in [6.45, 7) is 4.51. The van der Waals surface area contributed by atoms with Crippen LogP contribution in [0.3, 0.4) is 0 Å². The fourth-order valence-corrected chi connectivity index (χ4v) is 3.96. The Hall–Kier alpha value is -2.34. The van der Waals surface area contributed by atoms with Gasteiger partial charge in [0.2, 0.25) is 0 Å². The van der Waals surface area contributed by atoms with Crippen LogP contribution >= 0.6 is 0 Å². The summed E-state index contributed by atoms with van der Waals surface area (Å²) in [5.41, 5.74) is 8.69. The summed E-state index contributed by atoms with van der Waals surface area (Å²) in [5, 5.41) is 2.69. The molecule has 120 valence electrons. The van der Waals surface area contributed by atoms with Gasteiger partial charge < -0.3 is 0 Å². The van der Waals surface area contributed by atoms with E-state index in [2.05, 4.69) is 74.5 Å². The van der Waals surface area contributed by atoms with E-state index < -0.39 is 0 Å². The Labute approximate surface area is 144 Å². The van der Waals surface area contributed by atoms with Gasteiger partial charge in [0.05, 0.1) is 0 Å². The molecule has 0 heteroatoms. The molecule has 0 N–H and O–H groups in total. The zero-order valence-electron chi connectivity index (χ0n) is 14.6. The molecule has 0 nitrogen and oxygen atoms in total. The van der Waals surface area contributed by atoms with Gasteiger partial charge in [0, 0.05) is 0 Å². The largest absolute Gasteiger partial charge is 0.0654 e. The lowest BCUT2D eigenvalue weighted by atomic mass is 9.90. The number of rotatable bonds is 4. The van der Waals surface area contributed by atoms with Crippen LogP contribution in [0.5, 0.6) is 0 Å².